The molecule has 0 N–H and O–H groups in total. The van der Waals surface area contributed by atoms with E-state index in [0.717, 1.165) is 51.2 Å². The van der Waals surface area contributed by atoms with Crippen LogP contribution >= 0.6 is 0 Å². The molecule has 5 aromatic rings. The molecule has 4 nitrogen and oxygen atoms in total. The third kappa shape index (κ3) is 3.95. The third-order valence-corrected chi connectivity index (χ3v) is 6.55. The van der Waals surface area contributed by atoms with Gasteiger partial charge in [0.25, 0.3) is 0 Å². The lowest BCUT2D eigenvalue weighted by Gasteiger charge is -2.23. The van der Waals surface area contributed by atoms with Crippen molar-refractivity contribution >= 4 is 22.2 Å². The molecule has 0 atom stereocenters. The molecule has 0 bridgehead atoms. The topological polar surface area (TPSA) is 52.1 Å². The van der Waals surface area contributed by atoms with Gasteiger partial charge in [0, 0.05) is 11.0 Å². The van der Waals surface area contributed by atoms with Gasteiger partial charge in [0.05, 0.1) is 0 Å². The molecular weight excluding hydrogens is 408 g/mol. The van der Waals surface area contributed by atoms with E-state index in [1.165, 1.54) is 5.56 Å². The van der Waals surface area contributed by atoms with Crippen LogP contribution in [0.2, 0.25) is 0 Å². The van der Waals surface area contributed by atoms with E-state index in [-0.39, 0.29) is 10.8 Å². The van der Waals surface area contributed by atoms with Gasteiger partial charge < -0.3 is 8.83 Å². The fraction of sp³-hybridized carbons (Fsp3) is 0.310. The molecule has 0 radical (unpaired) electrons. The van der Waals surface area contributed by atoms with Gasteiger partial charge in [-0.05, 0) is 64.9 Å². The summed E-state index contributed by atoms with van der Waals surface area (Å²) in [6.45, 7) is 13.1. The van der Waals surface area contributed by atoms with Gasteiger partial charge in [-0.3, -0.25) is 0 Å². The molecule has 0 aliphatic carbocycles. The van der Waals surface area contributed by atoms with Crippen LogP contribution in [0.1, 0.15) is 59.4 Å². The van der Waals surface area contributed by atoms with Gasteiger partial charge in [0.1, 0.15) is 11.0 Å². The second-order valence-corrected chi connectivity index (χ2v) is 10.5. The summed E-state index contributed by atoms with van der Waals surface area (Å²) >= 11 is 0. The molecule has 0 unspecified atom stereocenters. The Balaban J connectivity index is 1.48. The highest BCUT2D eigenvalue weighted by molar-refractivity contribution is 5.85. The largest absolute Gasteiger partial charge is 0.440 e. The van der Waals surface area contributed by atoms with E-state index in [1.807, 2.05) is 24.3 Å². The maximum absolute atomic E-state index is 6.16. The van der Waals surface area contributed by atoms with Crippen molar-refractivity contribution in [2.45, 2.75) is 58.8 Å². The number of fused-ring (bicyclic) bond motifs is 2. The van der Waals surface area contributed by atoms with Crippen LogP contribution in [0.5, 0.6) is 0 Å². The number of nitrogens with zero attached hydrogens (tertiary/aromatic N) is 2. The molecule has 0 aliphatic rings. The molecule has 0 spiro atoms. The predicted molar refractivity (Wildman–Crippen MR) is 134 cm³/mol. The van der Waals surface area contributed by atoms with Gasteiger partial charge in [-0.15, -0.1) is 0 Å². The summed E-state index contributed by atoms with van der Waals surface area (Å²) in [6.07, 6.45) is 1.09. The molecule has 0 saturated carbocycles. The van der Waals surface area contributed by atoms with E-state index in [4.69, 9.17) is 13.8 Å². The Morgan fingerprint density at radius 1 is 0.667 bits per heavy atom. The lowest BCUT2D eigenvalue weighted by Crippen LogP contribution is -2.14. The Hall–Kier alpha value is -3.40. The maximum Gasteiger partial charge on any atom is 0.227 e. The van der Waals surface area contributed by atoms with Crippen LogP contribution in [-0.2, 0) is 10.8 Å². The molecule has 0 fully saturated rings. The summed E-state index contributed by atoms with van der Waals surface area (Å²) in [7, 11) is 0. The van der Waals surface area contributed by atoms with Crippen LogP contribution < -0.4 is 0 Å². The second kappa shape index (κ2) is 7.58. The van der Waals surface area contributed by atoms with Gasteiger partial charge in [-0.1, -0.05) is 65.8 Å². The fourth-order valence-electron chi connectivity index (χ4n) is 3.92. The average Bonchev–Trinajstić information content (AvgIpc) is 3.42. The first-order valence-corrected chi connectivity index (χ1v) is 11.6. The molecule has 3 aromatic carbocycles. The monoisotopic (exact) mass is 438 g/mol. The molecule has 0 saturated heterocycles. The fourth-order valence-corrected chi connectivity index (χ4v) is 3.92. The lowest BCUT2D eigenvalue weighted by molar-refractivity contribution is 0.411. The van der Waals surface area contributed by atoms with Gasteiger partial charge in [0.15, 0.2) is 11.2 Å². The van der Waals surface area contributed by atoms with E-state index in [9.17, 15) is 0 Å². The normalized spacial score (nSPS) is 12.7. The minimum absolute atomic E-state index is 0.126. The van der Waals surface area contributed by atoms with Gasteiger partial charge >= 0.3 is 0 Å². The summed E-state index contributed by atoms with van der Waals surface area (Å²) in [5, 5.41) is 0. The Bertz CT molecular complexity index is 1450. The SMILES string of the molecule is CCC(C)(C)c1ccc(-c2nc3ccc(-c4ccc5nc(C(C)(C)C)oc5c4)cc3o2)cc1. The Labute approximate surface area is 194 Å². The van der Waals surface area contributed by atoms with Crippen LogP contribution in [0.3, 0.4) is 0 Å². The number of hydrogen-bond donors (Lipinski definition) is 0. The highest BCUT2D eigenvalue weighted by Gasteiger charge is 2.21. The highest BCUT2D eigenvalue weighted by atomic mass is 16.4. The van der Waals surface area contributed by atoms with Crippen LogP contribution in [0, 0.1) is 0 Å². The van der Waals surface area contributed by atoms with Gasteiger partial charge in [-0.2, -0.15) is 0 Å². The molecule has 2 heterocycles. The van der Waals surface area contributed by atoms with E-state index in [2.05, 4.69) is 82.9 Å². The van der Waals surface area contributed by atoms with Crippen molar-refractivity contribution in [3.05, 3.63) is 72.1 Å². The molecule has 0 aliphatic heterocycles. The Kier molecular flexibility index (Phi) is 4.93. The van der Waals surface area contributed by atoms with Crippen molar-refractivity contribution in [1.82, 2.24) is 9.97 Å². The summed E-state index contributed by atoms with van der Waals surface area (Å²) < 4.78 is 12.2. The van der Waals surface area contributed by atoms with E-state index < -0.39 is 0 Å². The average molecular weight is 439 g/mol. The zero-order valence-corrected chi connectivity index (χ0v) is 20.2. The second-order valence-electron chi connectivity index (χ2n) is 10.5. The minimum atomic E-state index is -0.126. The maximum atomic E-state index is 6.16. The molecule has 4 heteroatoms. The van der Waals surface area contributed by atoms with E-state index >= 15 is 0 Å². The van der Waals surface area contributed by atoms with Crippen molar-refractivity contribution in [2.75, 3.05) is 0 Å². The zero-order valence-electron chi connectivity index (χ0n) is 20.2. The summed E-state index contributed by atoms with van der Waals surface area (Å²) in [4.78, 5) is 9.35. The number of oxazole rings is 2. The third-order valence-electron chi connectivity index (χ3n) is 6.55. The number of rotatable bonds is 4. The van der Waals surface area contributed by atoms with Gasteiger partial charge in [0.2, 0.25) is 11.8 Å². The van der Waals surface area contributed by atoms with Crippen molar-refractivity contribution < 1.29 is 8.83 Å². The van der Waals surface area contributed by atoms with Crippen LogP contribution in [0.15, 0.2) is 69.5 Å². The first-order chi connectivity index (χ1) is 15.6. The lowest BCUT2D eigenvalue weighted by atomic mass is 9.82. The van der Waals surface area contributed by atoms with Crippen molar-refractivity contribution in [2.24, 2.45) is 0 Å². The van der Waals surface area contributed by atoms with Gasteiger partial charge in [-0.25, -0.2) is 9.97 Å². The zero-order chi connectivity index (χ0) is 23.4. The molecule has 2 aromatic heterocycles. The van der Waals surface area contributed by atoms with Crippen LogP contribution in [0.4, 0.5) is 0 Å². The molecule has 168 valence electrons. The number of hydrogen-bond acceptors (Lipinski definition) is 4. The molecule has 33 heavy (non-hydrogen) atoms. The predicted octanol–water partition coefficient (Wildman–Crippen LogP) is 8.29. The molecule has 5 rings (SSSR count). The van der Waals surface area contributed by atoms with Crippen LogP contribution in [-0.4, -0.2) is 9.97 Å². The summed E-state index contributed by atoms with van der Waals surface area (Å²) in [5.74, 6) is 1.39. The van der Waals surface area contributed by atoms with Crippen molar-refractivity contribution in [1.29, 1.82) is 0 Å². The van der Waals surface area contributed by atoms with Crippen molar-refractivity contribution in [3.8, 4) is 22.6 Å². The highest BCUT2D eigenvalue weighted by Crippen LogP contribution is 2.33. The minimum Gasteiger partial charge on any atom is -0.440 e. The number of benzene rings is 3. The Morgan fingerprint density at radius 2 is 1.21 bits per heavy atom. The molecular formula is C29H30N2O2. The number of aromatic nitrogens is 2. The van der Waals surface area contributed by atoms with E-state index in [0.29, 0.717) is 5.89 Å². The standard InChI is InChI=1S/C29H30N2O2/c1-7-29(5,6)21-12-8-18(9-13-21)26-30-22-14-10-19(16-24(22)32-26)20-11-15-23-25(17-20)33-27(31-23)28(2,3)4/h8-17H,7H2,1-6H3. The Morgan fingerprint density at radius 3 is 1.79 bits per heavy atom. The molecule has 0 amide bonds. The summed E-state index contributed by atoms with van der Waals surface area (Å²) in [6, 6.07) is 20.8. The van der Waals surface area contributed by atoms with Crippen LogP contribution in [0.25, 0.3) is 44.8 Å². The van der Waals surface area contributed by atoms with E-state index in [1.54, 1.807) is 0 Å². The smallest absolute Gasteiger partial charge is 0.227 e. The summed E-state index contributed by atoms with van der Waals surface area (Å²) in [5.41, 5.74) is 7.76. The van der Waals surface area contributed by atoms with Crippen molar-refractivity contribution in [3.63, 3.8) is 0 Å². The first-order valence-electron chi connectivity index (χ1n) is 11.6. The quantitative estimate of drug-likeness (QED) is 0.283. The first kappa shape index (κ1) is 21.4.